The molecule has 0 amide bonds. The molecular weight excluding hydrogens is 354 g/mol. The van der Waals surface area contributed by atoms with Crippen LogP contribution in [0.3, 0.4) is 0 Å². The molecule has 4 heterocycles. The summed E-state index contributed by atoms with van der Waals surface area (Å²) >= 11 is 0. The number of aromatic nitrogens is 3. The van der Waals surface area contributed by atoms with E-state index >= 15 is 0 Å². The molecule has 0 saturated carbocycles. The molecular formula is C21H29N5O2. The number of hydrogen-bond acceptors (Lipinski definition) is 6. The van der Waals surface area contributed by atoms with Gasteiger partial charge in [0.25, 0.3) is 5.56 Å². The first-order valence-electron chi connectivity index (χ1n) is 10.3. The Kier molecular flexibility index (Phi) is 5.90. The number of anilines is 1. The zero-order valence-electron chi connectivity index (χ0n) is 16.6. The highest BCUT2D eigenvalue weighted by molar-refractivity contribution is 5.31. The predicted octanol–water partition coefficient (Wildman–Crippen LogP) is 2.54. The predicted molar refractivity (Wildman–Crippen MR) is 109 cm³/mol. The van der Waals surface area contributed by atoms with Gasteiger partial charge in [-0.1, -0.05) is 6.07 Å². The van der Waals surface area contributed by atoms with Gasteiger partial charge in [0.1, 0.15) is 0 Å². The number of ether oxygens (including phenoxy) is 1. The Morgan fingerprint density at radius 1 is 1.14 bits per heavy atom. The molecule has 4 rings (SSSR count). The third-order valence-electron chi connectivity index (χ3n) is 5.82. The van der Waals surface area contributed by atoms with Crippen LogP contribution < -0.4 is 15.2 Å². The van der Waals surface area contributed by atoms with Crippen molar-refractivity contribution in [1.29, 1.82) is 0 Å². The number of rotatable bonds is 5. The number of nitrogens with one attached hydrogen (secondary N) is 1. The molecule has 7 heteroatoms. The lowest BCUT2D eigenvalue weighted by atomic mass is 9.93. The summed E-state index contributed by atoms with van der Waals surface area (Å²) < 4.78 is 5.12. The Morgan fingerprint density at radius 2 is 1.93 bits per heavy atom. The molecule has 2 aliphatic rings. The maximum Gasteiger partial charge on any atom is 0.252 e. The molecule has 0 unspecified atom stereocenters. The Bertz CT molecular complexity index is 821. The van der Waals surface area contributed by atoms with Crippen LogP contribution in [0.4, 0.5) is 5.95 Å². The first-order chi connectivity index (χ1) is 13.7. The van der Waals surface area contributed by atoms with Crippen LogP contribution in [0.25, 0.3) is 0 Å². The molecule has 1 N–H and O–H groups in total. The van der Waals surface area contributed by atoms with Gasteiger partial charge in [-0.3, -0.25) is 14.7 Å². The molecule has 0 bridgehead atoms. The van der Waals surface area contributed by atoms with Crippen molar-refractivity contribution in [3.63, 3.8) is 0 Å². The van der Waals surface area contributed by atoms with Gasteiger partial charge in [-0.05, 0) is 50.8 Å². The van der Waals surface area contributed by atoms with Crippen molar-refractivity contribution < 1.29 is 4.74 Å². The Balaban J connectivity index is 1.37. The van der Waals surface area contributed by atoms with Crippen LogP contribution in [-0.2, 0) is 6.54 Å². The molecule has 0 aromatic carbocycles. The lowest BCUT2D eigenvalue weighted by molar-refractivity contribution is 0.203. The van der Waals surface area contributed by atoms with Gasteiger partial charge in [-0.25, -0.2) is 9.97 Å². The highest BCUT2D eigenvalue weighted by atomic mass is 16.5. The fourth-order valence-corrected chi connectivity index (χ4v) is 4.20. The number of aromatic amines is 1. The smallest absolute Gasteiger partial charge is 0.252 e. The fraction of sp³-hybridized carbons (Fsp3) is 0.571. The number of likely N-dealkylation sites (tertiary alicyclic amines) is 1. The molecule has 0 spiro atoms. The van der Waals surface area contributed by atoms with Gasteiger partial charge in [0, 0.05) is 43.9 Å². The average Bonchev–Trinajstić information content (AvgIpc) is 2.75. The zero-order valence-corrected chi connectivity index (χ0v) is 16.6. The van der Waals surface area contributed by atoms with Gasteiger partial charge < -0.3 is 9.64 Å². The van der Waals surface area contributed by atoms with Crippen molar-refractivity contribution in [2.75, 3.05) is 38.2 Å². The highest BCUT2D eigenvalue weighted by Crippen LogP contribution is 2.28. The summed E-state index contributed by atoms with van der Waals surface area (Å²) in [4.78, 5) is 28.9. The minimum Gasteiger partial charge on any atom is -0.481 e. The molecule has 0 aliphatic carbocycles. The van der Waals surface area contributed by atoms with Crippen LogP contribution in [0.15, 0.2) is 29.2 Å². The largest absolute Gasteiger partial charge is 0.481 e. The van der Waals surface area contributed by atoms with Crippen LogP contribution in [0, 0.1) is 0 Å². The maximum atomic E-state index is 12.2. The number of methoxy groups -OCH3 is 1. The van der Waals surface area contributed by atoms with Gasteiger partial charge in [0.2, 0.25) is 11.8 Å². The van der Waals surface area contributed by atoms with E-state index in [0.29, 0.717) is 11.8 Å². The van der Waals surface area contributed by atoms with E-state index in [1.165, 1.54) is 24.8 Å². The van der Waals surface area contributed by atoms with Crippen molar-refractivity contribution in [2.45, 2.75) is 44.6 Å². The van der Waals surface area contributed by atoms with E-state index in [1.807, 2.05) is 12.3 Å². The topological polar surface area (TPSA) is 74.3 Å². The van der Waals surface area contributed by atoms with Crippen molar-refractivity contribution in [2.24, 2.45) is 0 Å². The van der Waals surface area contributed by atoms with Gasteiger partial charge in [0.05, 0.1) is 12.8 Å². The molecule has 2 aromatic heterocycles. The SMILES string of the molecule is COc1ccc(CN2CCC(c3cc(=O)[nH]c(N4CCCCC4)n3)CC2)cn1. The lowest BCUT2D eigenvalue weighted by Crippen LogP contribution is -2.35. The van der Waals surface area contributed by atoms with E-state index in [-0.39, 0.29) is 5.56 Å². The van der Waals surface area contributed by atoms with Gasteiger partial charge in [-0.15, -0.1) is 0 Å². The first-order valence-corrected chi connectivity index (χ1v) is 10.3. The minimum atomic E-state index is -0.0303. The Hall–Kier alpha value is -2.41. The van der Waals surface area contributed by atoms with Gasteiger partial charge in [0.15, 0.2) is 0 Å². The van der Waals surface area contributed by atoms with Crippen LogP contribution >= 0.6 is 0 Å². The summed E-state index contributed by atoms with van der Waals surface area (Å²) in [5.41, 5.74) is 2.12. The molecule has 7 nitrogen and oxygen atoms in total. The van der Waals surface area contributed by atoms with E-state index in [1.54, 1.807) is 13.2 Å². The third kappa shape index (κ3) is 4.52. The molecule has 2 fully saturated rings. The standard InChI is InChI=1S/C21H29N5O2/c1-28-20-6-5-16(14-22-20)15-25-11-7-17(8-12-25)18-13-19(27)24-21(23-18)26-9-3-2-4-10-26/h5-6,13-14,17H,2-4,7-12,15H2,1H3,(H,23,24,27). The van der Waals surface area contributed by atoms with Crippen LogP contribution in [0.5, 0.6) is 5.88 Å². The van der Waals surface area contributed by atoms with Crippen LogP contribution in [-0.4, -0.2) is 53.1 Å². The van der Waals surface area contributed by atoms with E-state index in [2.05, 4.69) is 25.8 Å². The quantitative estimate of drug-likeness (QED) is 0.855. The van der Waals surface area contributed by atoms with E-state index in [9.17, 15) is 4.79 Å². The Labute approximate surface area is 165 Å². The number of pyridine rings is 1. The number of piperidine rings is 2. The minimum absolute atomic E-state index is 0.0303. The van der Waals surface area contributed by atoms with Gasteiger partial charge >= 0.3 is 0 Å². The summed E-state index contributed by atoms with van der Waals surface area (Å²) in [6.07, 6.45) is 7.55. The lowest BCUT2D eigenvalue weighted by Gasteiger charge is -2.32. The third-order valence-corrected chi connectivity index (χ3v) is 5.82. The monoisotopic (exact) mass is 383 g/mol. The van der Waals surface area contributed by atoms with E-state index < -0.39 is 0 Å². The van der Waals surface area contributed by atoms with Crippen molar-refractivity contribution in [3.8, 4) is 5.88 Å². The molecule has 0 atom stereocenters. The normalized spacial score (nSPS) is 19.0. The van der Waals surface area contributed by atoms with Crippen molar-refractivity contribution in [3.05, 3.63) is 46.0 Å². The second-order valence-corrected chi connectivity index (χ2v) is 7.80. The first kappa shape index (κ1) is 18.9. The molecule has 2 saturated heterocycles. The van der Waals surface area contributed by atoms with E-state index in [0.717, 1.165) is 57.2 Å². The molecule has 150 valence electrons. The van der Waals surface area contributed by atoms with Crippen molar-refractivity contribution in [1.82, 2.24) is 19.9 Å². The van der Waals surface area contributed by atoms with Crippen molar-refractivity contribution >= 4 is 5.95 Å². The summed E-state index contributed by atoms with van der Waals surface area (Å²) in [6, 6.07) is 5.67. The summed E-state index contributed by atoms with van der Waals surface area (Å²) in [5, 5.41) is 0. The average molecular weight is 383 g/mol. The van der Waals surface area contributed by atoms with E-state index in [4.69, 9.17) is 9.72 Å². The van der Waals surface area contributed by atoms with Gasteiger partial charge in [-0.2, -0.15) is 0 Å². The summed E-state index contributed by atoms with van der Waals surface area (Å²) in [6.45, 7) is 4.88. The number of hydrogen-bond donors (Lipinski definition) is 1. The summed E-state index contributed by atoms with van der Waals surface area (Å²) in [5.74, 6) is 1.76. The number of H-pyrrole nitrogens is 1. The molecule has 0 radical (unpaired) electrons. The second kappa shape index (κ2) is 8.73. The second-order valence-electron chi connectivity index (χ2n) is 7.80. The molecule has 28 heavy (non-hydrogen) atoms. The summed E-state index contributed by atoms with van der Waals surface area (Å²) in [7, 11) is 1.63. The Morgan fingerprint density at radius 3 is 2.61 bits per heavy atom. The molecule has 2 aromatic rings. The van der Waals surface area contributed by atoms with Crippen LogP contribution in [0.2, 0.25) is 0 Å². The molecule has 2 aliphatic heterocycles. The zero-order chi connectivity index (χ0) is 19.3. The number of nitrogens with zero attached hydrogens (tertiary/aromatic N) is 4. The fourth-order valence-electron chi connectivity index (χ4n) is 4.20. The van der Waals surface area contributed by atoms with Crippen LogP contribution in [0.1, 0.15) is 49.3 Å². The maximum absolute atomic E-state index is 12.2. The highest BCUT2D eigenvalue weighted by Gasteiger charge is 2.23.